The maximum absolute atomic E-state index is 13.1. The lowest BCUT2D eigenvalue weighted by Crippen LogP contribution is -2.32. The third-order valence-corrected chi connectivity index (χ3v) is 5.71. The summed E-state index contributed by atoms with van der Waals surface area (Å²) in [6.45, 7) is 5.60. The molecule has 3 rings (SSSR count). The summed E-state index contributed by atoms with van der Waals surface area (Å²) < 4.78 is 16.5. The molecule has 7 heteroatoms. The van der Waals surface area contributed by atoms with Crippen molar-refractivity contribution in [1.82, 2.24) is 4.90 Å². The van der Waals surface area contributed by atoms with Crippen LogP contribution < -0.4 is 9.47 Å². The number of amides is 1. The Labute approximate surface area is 200 Å². The zero-order valence-electron chi connectivity index (χ0n) is 20.1. The van der Waals surface area contributed by atoms with E-state index in [0.29, 0.717) is 30.1 Å². The van der Waals surface area contributed by atoms with Crippen molar-refractivity contribution in [3.8, 4) is 11.5 Å². The van der Waals surface area contributed by atoms with Gasteiger partial charge in [-0.3, -0.25) is 9.59 Å². The van der Waals surface area contributed by atoms with Crippen LogP contribution in [0.5, 0.6) is 11.5 Å². The second kappa shape index (κ2) is 12.2. The smallest absolute Gasteiger partial charge is 0.295 e. The second-order valence-corrected chi connectivity index (χ2v) is 8.07. The molecule has 0 aliphatic carbocycles. The minimum Gasteiger partial charge on any atom is -0.507 e. The molecule has 34 heavy (non-hydrogen) atoms. The first-order valence-corrected chi connectivity index (χ1v) is 11.7. The molecule has 2 aromatic rings. The predicted molar refractivity (Wildman–Crippen MR) is 130 cm³/mol. The zero-order chi connectivity index (χ0) is 24.5. The Hall–Kier alpha value is -3.32. The Morgan fingerprint density at radius 1 is 0.971 bits per heavy atom. The van der Waals surface area contributed by atoms with Gasteiger partial charge in [-0.2, -0.15) is 0 Å². The first kappa shape index (κ1) is 25.3. The molecule has 1 amide bonds. The van der Waals surface area contributed by atoms with Gasteiger partial charge in [0.2, 0.25) is 0 Å². The molecule has 1 fully saturated rings. The van der Waals surface area contributed by atoms with E-state index in [0.717, 1.165) is 25.0 Å². The lowest BCUT2D eigenvalue weighted by atomic mass is 9.95. The molecule has 1 aliphatic rings. The summed E-state index contributed by atoms with van der Waals surface area (Å²) in [5.41, 5.74) is 1.17. The zero-order valence-corrected chi connectivity index (χ0v) is 20.1. The van der Waals surface area contributed by atoms with Gasteiger partial charge in [-0.1, -0.05) is 44.0 Å². The summed E-state index contributed by atoms with van der Waals surface area (Å²) >= 11 is 0. The minimum atomic E-state index is -0.736. The van der Waals surface area contributed by atoms with Gasteiger partial charge < -0.3 is 24.2 Å². The molecule has 1 saturated heterocycles. The summed E-state index contributed by atoms with van der Waals surface area (Å²) in [6.07, 6.45) is 3.21. The molecule has 1 N–H and O–H groups in total. The number of methoxy groups -OCH3 is 1. The number of hydrogen-bond donors (Lipinski definition) is 1. The average Bonchev–Trinajstić information content (AvgIpc) is 3.10. The Balaban J connectivity index is 1.98. The first-order chi connectivity index (χ1) is 16.5. The fourth-order valence-electron chi connectivity index (χ4n) is 3.99. The van der Waals surface area contributed by atoms with Crippen LogP contribution in [0.3, 0.4) is 0 Å². The highest BCUT2D eigenvalue weighted by molar-refractivity contribution is 6.46. The quantitative estimate of drug-likeness (QED) is 0.210. The average molecular weight is 468 g/mol. The Bertz CT molecular complexity index is 1010. The molecule has 0 radical (unpaired) electrons. The maximum Gasteiger partial charge on any atom is 0.295 e. The normalized spacial score (nSPS) is 17.3. The monoisotopic (exact) mass is 467 g/mol. The van der Waals surface area contributed by atoms with Crippen LogP contribution in [0.25, 0.3) is 5.76 Å². The number of likely N-dealkylation sites (tertiary alicyclic amines) is 1. The van der Waals surface area contributed by atoms with Crippen molar-refractivity contribution in [3.63, 3.8) is 0 Å². The lowest BCUT2D eigenvalue weighted by Gasteiger charge is -2.25. The van der Waals surface area contributed by atoms with Crippen LogP contribution >= 0.6 is 0 Å². The molecule has 1 unspecified atom stereocenters. The van der Waals surface area contributed by atoms with Crippen molar-refractivity contribution in [2.75, 3.05) is 33.5 Å². The number of Topliss-reactive ketones (excluding diaryl/α,β-unsaturated/α-hetero) is 1. The van der Waals surface area contributed by atoms with E-state index in [4.69, 9.17) is 14.2 Å². The van der Waals surface area contributed by atoms with Gasteiger partial charge in [0.05, 0.1) is 31.4 Å². The van der Waals surface area contributed by atoms with Crippen molar-refractivity contribution < 1.29 is 28.9 Å². The van der Waals surface area contributed by atoms with Crippen LogP contribution in [-0.4, -0.2) is 55.2 Å². The predicted octanol–water partition coefficient (Wildman–Crippen LogP) is 4.72. The van der Waals surface area contributed by atoms with Crippen LogP contribution in [0.4, 0.5) is 0 Å². The highest BCUT2D eigenvalue weighted by atomic mass is 16.5. The van der Waals surface area contributed by atoms with Crippen LogP contribution in [0.1, 0.15) is 50.3 Å². The van der Waals surface area contributed by atoms with Crippen molar-refractivity contribution in [2.24, 2.45) is 0 Å². The summed E-state index contributed by atoms with van der Waals surface area (Å²) in [5, 5.41) is 11.2. The van der Waals surface area contributed by atoms with Gasteiger partial charge in [0.25, 0.3) is 11.7 Å². The standard InChI is InChI=1S/C27H33NO6/c1-4-6-7-16-34-21-13-11-19(12-14-21)24-23(26(30)27(31)28(24)15-17-32-3)25(29)20-9-8-10-22(18-20)33-5-2/h8-14,18,24,29H,4-7,15-17H2,1-3H3/b25-23+. The molecular weight excluding hydrogens is 434 g/mol. The molecular formula is C27H33NO6. The number of carbonyl (C=O) groups excluding carboxylic acids is 2. The number of aliphatic hydroxyl groups excluding tert-OH is 1. The molecule has 7 nitrogen and oxygen atoms in total. The molecule has 0 spiro atoms. The lowest BCUT2D eigenvalue weighted by molar-refractivity contribution is -0.140. The topological polar surface area (TPSA) is 85.3 Å². The number of ether oxygens (including phenoxy) is 3. The Morgan fingerprint density at radius 2 is 1.74 bits per heavy atom. The first-order valence-electron chi connectivity index (χ1n) is 11.7. The summed E-state index contributed by atoms with van der Waals surface area (Å²) in [5.74, 6) is -0.325. The highest BCUT2D eigenvalue weighted by Gasteiger charge is 2.45. The molecule has 1 heterocycles. The number of rotatable bonds is 12. The van der Waals surface area contributed by atoms with Crippen LogP contribution in [0.15, 0.2) is 54.1 Å². The van der Waals surface area contributed by atoms with Gasteiger partial charge in [0.1, 0.15) is 17.3 Å². The van der Waals surface area contributed by atoms with E-state index in [9.17, 15) is 14.7 Å². The highest BCUT2D eigenvalue weighted by Crippen LogP contribution is 2.40. The number of hydrogen-bond acceptors (Lipinski definition) is 6. The Morgan fingerprint density at radius 3 is 2.41 bits per heavy atom. The molecule has 1 aliphatic heterocycles. The summed E-state index contributed by atoms with van der Waals surface area (Å²) in [7, 11) is 1.54. The number of nitrogens with zero attached hydrogens (tertiary/aromatic N) is 1. The second-order valence-electron chi connectivity index (χ2n) is 8.07. The van der Waals surface area contributed by atoms with E-state index in [1.807, 2.05) is 31.2 Å². The molecule has 0 saturated carbocycles. The van der Waals surface area contributed by atoms with Gasteiger partial charge in [0.15, 0.2) is 0 Å². The van der Waals surface area contributed by atoms with Crippen molar-refractivity contribution in [3.05, 3.63) is 65.2 Å². The summed E-state index contributed by atoms with van der Waals surface area (Å²) in [6, 6.07) is 13.4. The van der Waals surface area contributed by atoms with Gasteiger partial charge in [-0.05, 0) is 43.2 Å². The third kappa shape index (κ3) is 5.78. The van der Waals surface area contributed by atoms with Crippen LogP contribution in [0, 0.1) is 0 Å². The fraction of sp³-hybridized carbons (Fsp3) is 0.407. The van der Waals surface area contributed by atoms with E-state index in [1.165, 1.54) is 12.0 Å². The van der Waals surface area contributed by atoms with Gasteiger partial charge in [0, 0.05) is 19.2 Å². The van der Waals surface area contributed by atoms with Crippen molar-refractivity contribution >= 4 is 17.4 Å². The maximum atomic E-state index is 13.1. The number of benzene rings is 2. The molecule has 2 aromatic carbocycles. The van der Waals surface area contributed by atoms with Crippen molar-refractivity contribution in [1.29, 1.82) is 0 Å². The van der Waals surface area contributed by atoms with E-state index in [-0.39, 0.29) is 24.5 Å². The van der Waals surface area contributed by atoms with Gasteiger partial charge in [-0.15, -0.1) is 0 Å². The van der Waals surface area contributed by atoms with Gasteiger partial charge >= 0.3 is 0 Å². The number of ketones is 1. The van der Waals surface area contributed by atoms with Gasteiger partial charge in [-0.25, -0.2) is 0 Å². The third-order valence-electron chi connectivity index (χ3n) is 5.71. The molecule has 1 atom stereocenters. The number of aliphatic hydroxyl groups is 1. The summed E-state index contributed by atoms with van der Waals surface area (Å²) in [4.78, 5) is 27.4. The van der Waals surface area contributed by atoms with Crippen LogP contribution in [0.2, 0.25) is 0 Å². The van der Waals surface area contributed by atoms with E-state index in [2.05, 4.69) is 6.92 Å². The van der Waals surface area contributed by atoms with E-state index < -0.39 is 17.7 Å². The number of unbranched alkanes of at least 4 members (excludes halogenated alkanes) is 2. The minimum absolute atomic E-state index is 0.0476. The molecule has 0 bridgehead atoms. The van der Waals surface area contributed by atoms with E-state index >= 15 is 0 Å². The SMILES string of the molecule is CCCCCOc1ccc(C2/C(=C(\O)c3cccc(OCC)c3)C(=O)C(=O)N2CCOC)cc1. The Kier molecular flexibility index (Phi) is 9.10. The molecule has 182 valence electrons. The largest absolute Gasteiger partial charge is 0.507 e. The number of carbonyl (C=O) groups is 2. The fourth-order valence-corrected chi connectivity index (χ4v) is 3.99. The van der Waals surface area contributed by atoms with E-state index in [1.54, 1.807) is 24.3 Å². The van der Waals surface area contributed by atoms with Crippen LogP contribution in [-0.2, 0) is 14.3 Å². The molecule has 0 aromatic heterocycles. The van der Waals surface area contributed by atoms with Crippen molar-refractivity contribution in [2.45, 2.75) is 39.2 Å².